The fourth-order valence-electron chi connectivity index (χ4n) is 4.15. The van der Waals surface area contributed by atoms with Gasteiger partial charge in [0.2, 0.25) is 5.43 Å². The average molecular weight is 411 g/mol. The quantitative estimate of drug-likeness (QED) is 0.503. The summed E-state index contributed by atoms with van der Waals surface area (Å²) in [5, 5.41) is 14.2. The Bertz CT molecular complexity index is 1230. The number of benzene rings is 1. The molecule has 0 bridgehead atoms. The van der Waals surface area contributed by atoms with Crippen LogP contribution in [-0.2, 0) is 0 Å². The molecule has 0 unspecified atom stereocenters. The number of fused-ring (bicyclic) bond motifs is 2. The minimum atomic E-state index is -1.25. The van der Waals surface area contributed by atoms with E-state index in [1.807, 2.05) is 6.07 Å². The van der Waals surface area contributed by atoms with Gasteiger partial charge in [-0.2, -0.15) is 0 Å². The van der Waals surface area contributed by atoms with E-state index < -0.39 is 11.4 Å². The SMILES string of the molecule is CN(F)c1cc2cc3c(=O)c(C(=O)O)cn(C4CC4)c3nc2cc1N1CCNCC1. The zero-order valence-electron chi connectivity index (χ0n) is 16.6. The Morgan fingerprint density at radius 2 is 2.00 bits per heavy atom. The summed E-state index contributed by atoms with van der Waals surface area (Å²) in [5.74, 6) is -1.25. The number of rotatable bonds is 4. The minimum Gasteiger partial charge on any atom is -0.477 e. The number of hydrogen-bond acceptors (Lipinski definition) is 6. The van der Waals surface area contributed by atoms with Crippen LogP contribution in [0.1, 0.15) is 29.2 Å². The van der Waals surface area contributed by atoms with Crippen LogP contribution in [0.15, 0.2) is 29.2 Å². The van der Waals surface area contributed by atoms with E-state index in [0.29, 0.717) is 27.4 Å². The summed E-state index contributed by atoms with van der Waals surface area (Å²) < 4.78 is 16.2. The molecule has 2 aliphatic rings. The van der Waals surface area contributed by atoms with Gasteiger partial charge in [-0.05, 0) is 31.0 Å². The molecule has 0 atom stereocenters. The topological polar surface area (TPSA) is 90.7 Å². The van der Waals surface area contributed by atoms with Crippen LogP contribution in [-0.4, -0.2) is 53.9 Å². The van der Waals surface area contributed by atoms with Gasteiger partial charge >= 0.3 is 5.97 Å². The maximum absolute atomic E-state index is 14.3. The van der Waals surface area contributed by atoms with E-state index in [1.54, 1.807) is 16.7 Å². The van der Waals surface area contributed by atoms with Crippen molar-refractivity contribution in [3.05, 3.63) is 40.2 Å². The third-order valence-electron chi connectivity index (χ3n) is 5.85. The summed E-state index contributed by atoms with van der Waals surface area (Å²) in [6, 6.07) is 5.33. The van der Waals surface area contributed by atoms with E-state index in [0.717, 1.165) is 44.7 Å². The average Bonchev–Trinajstić information content (AvgIpc) is 3.57. The molecule has 1 aliphatic heterocycles. The molecule has 1 aromatic carbocycles. The minimum absolute atomic E-state index is 0.153. The lowest BCUT2D eigenvalue weighted by molar-refractivity contribution is 0.0695. The van der Waals surface area contributed by atoms with Gasteiger partial charge in [-0.25, -0.2) is 14.9 Å². The third-order valence-corrected chi connectivity index (χ3v) is 5.85. The number of nitrogens with zero attached hydrogens (tertiary/aromatic N) is 4. The second-order valence-corrected chi connectivity index (χ2v) is 7.92. The molecular formula is C21H22FN5O3. The van der Waals surface area contributed by atoms with E-state index in [1.165, 1.54) is 13.2 Å². The zero-order valence-corrected chi connectivity index (χ0v) is 16.6. The van der Waals surface area contributed by atoms with Crippen molar-refractivity contribution >= 4 is 39.3 Å². The van der Waals surface area contributed by atoms with E-state index >= 15 is 0 Å². The van der Waals surface area contributed by atoms with Crippen LogP contribution in [0.2, 0.25) is 0 Å². The molecule has 1 aliphatic carbocycles. The number of aromatic nitrogens is 2. The van der Waals surface area contributed by atoms with Gasteiger partial charge in [0, 0.05) is 50.9 Å². The Balaban J connectivity index is 1.79. The second kappa shape index (κ2) is 6.94. The van der Waals surface area contributed by atoms with Crippen molar-refractivity contribution in [3.8, 4) is 0 Å². The highest BCUT2D eigenvalue weighted by Gasteiger charge is 2.28. The predicted molar refractivity (Wildman–Crippen MR) is 113 cm³/mol. The molecule has 0 spiro atoms. The van der Waals surface area contributed by atoms with Crippen LogP contribution in [0.3, 0.4) is 0 Å². The molecule has 1 saturated carbocycles. The van der Waals surface area contributed by atoms with Gasteiger partial charge in [-0.1, -0.05) is 0 Å². The molecule has 2 fully saturated rings. The first kappa shape index (κ1) is 18.8. The summed E-state index contributed by atoms with van der Waals surface area (Å²) >= 11 is 0. The van der Waals surface area contributed by atoms with Crippen molar-refractivity contribution in [2.24, 2.45) is 0 Å². The number of aromatic carboxylic acids is 1. The summed E-state index contributed by atoms with van der Waals surface area (Å²) in [5.41, 5.74) is 1.44. The normalized spacial score (nSPS) is 16.9. The second-order valence-electron chi connectivity index (χ2n) is 7.92. The van der Waals surface area contributed by atoms with Crippen molar-refractivity contribution in [1.29, 1.82) is 0 Å². The Kier molecular flexibility index (Phi) is 4.35. The van der Waals surface area contributed by atoms with Gasteiger partial charge in [0.1, 0.15) is 11.2 Å². The first-order chi connectivity index (χ1) is 14.4. The Morgan fingerprint density at radius 1 is 1.27 bits per heavy atom. The molecule has 9 heteroatoms. The highest BCUT2D eigenvalue weighted by molar-refractivity contribution is 5.99. The van der Waals surface area contributed by atoms with Crippen LogP contribution in [0, 0.1) is 0 Å². The monoisotopic (exact) mass is 411 g/mol. The Hall–Kier alpha value is -3.20. The number of piperazine rings is 1. The number of carbonyl (C=O) groups is 1. The molecule has 0 radical (unpaired) electrons. The van der Waals surface area contributed by atoms with E-state index in [-0.39, 0.29) is 17.0 Å². The third kappa shape index (κ3) is 3.06. The molecular weight excluding hydrogens is 389 g/mol. The molecule has 5 rings (SSSR count). The van der Waals surface area contributed by atoms with Crippen LogP contribution in [0.5, 0.6) is 0 Å². The number of halogens is 1. The summed E-state index contributed by atoms with van der Waals surface area (Å²) in [6.07, 6.45) is 3.26. The number of nitrogens with one attached hydrogen (secondary N) is 1. The van der Waals surface area contributed by atoms with E-state index in [4.69, 9.17) is 4.98 Å². The molecule has 0 amide bonds. The maximum atomic E-state index is 14.3. The Labute approximate surface area is 171 Å². The van der Waals surface area contributed by atoms with Crippen LogP contribution < -0.4 is 20.8 Å². The van der Waals surface area contributed by atoms with Gasteiger partial charge in [0.25, 0.3) is 0 Å². The van der Waals surface area contributed by atoms with Crippen molar-refractivity contribution in [2.45, 2.75) is 18.9 Å². The Morgan fingerprint density at radius 3 is 2.63 bits per heavy atom. The zero-order chi connectivity index (χ0) is 21.0. The summed E-state index contributed by atoms with van der Waals surface area (Å²) in [4.78, 5) is 31.3. The lowest BCUT2D eigenvalue weighted by Gasteiger charge is -2.31. The van der Waals surface area contributed by atoms with Crippen molar-refractivity contribution < 1.29 is 14.4 Å². The standard InChI is InChI=1S/C21H22FN5O3/c1-25(22)17-9-12-8-14-19(28)15(21(29)30)11-27(13-2-3-13)20(14)24-16(12)10-18(17)26-6-4-23-5-7-26/h8-11,13,23H,2-7H2,1H3,(H,29,30). The highest BCUT2D eigenvalue weighted by Crippen LogP contribution is 2.38. The van der Waals surface area contributed by atoms with Crippen LogP contribution >= 0.6 is 0 Å². The fraction of sp³-hybridized carbons (Fsp3) is 0.381. The van der Waals surface area contributed by atoms with E-state index in [9.17, 15) is 19.2 Å². The summed E-state index contributed by atoms with van der Waals surface area (Å²) in [7, 11) is 1.34. The maximum Gasteiger partial charge on any atom is 0.341 e. The van der Waals surface area contributed by atoms with Crippen molar-refractivity contribution in [3.63, 3.8) is 0 Å². The van der Waals surface area contributed by atoms with Crippen LogP contribution in [0.25, 0.3) is 21.9 Å². The number of anilines is 2. The molecule has 156 valence electrons. The molecule has 8 nitrogen and oxygen atoms in total. The van der Waals surface area contributed by atoms with Gasteiger partial charge < -0.3 is 19.9 Å². The smallest absolute Gasteiger partial charge is 0.341 e. The largest absolute Gasteiger partial charge is 0.477 e. The summed E-state index contributed by atoms with van der Waals surface area (Å²) in [6.45, 7) is 3.15. The van der Waals surface area contributed by atoms with Gasteiger partial charge in [-0.3, -0.25) is 4.79 Å². The molecule has 2 N–H and O–H groups in total. The van der Waals surface area contributed by atoms with Gasteiger partial charge in [-0.15, -0.1) is 4.48 Å². The first-order valence-electron chi connectivity index (χ1n) is 10.1. The molecule has 30 heavy (non-hydrogen) atoms. The van der Waals surface area contributed by atoms with Gasteiger partial charge in [0.15, 0.2) is 0 Å². The number of hydrogen-bond donors (Lipinski definition) is 2. The molecule has 1 saturated heterocycles. The lowest BCUT2D eigenvalue weighted by Crippen LogP contribution is -2.43. The lowest BCUT2D eigenvalue weighted by atomic mass is 10.1. The van der Waals surface area contributed by atoms with E-state index in [2.05, 4.69) is 10.2 Å². The number of carboxylic acids is 1. The number of carboxylic acid groups (broad SMARTS) is 1. The predicted octanol–water partition coefficient (Wildman–Crippen LogP) is 2.31. The van der Waals surface area contributed by atoms with Gasteiger partial charge in [0.05, 0.1) is 22.3 Å². The number of pyridine rings is 2. The highest BCUT2D eigenvalue weighted by atomic mass is 19.2. The van der Waals surface area contributed by atoms with Crippen molar-refractivity contribution in [2.75, 3.05) is 43.2 Å². The fourth-order valence-corrected chi connectivity index (χ4v) is 4.15. The molecule has 3 aromatic rings. The molecule has 3 heterocycles. The molecule has 2 aromatic heterocycles. The van der Waals surface area contributed by atoms with Crippen molar-refractivity contribution in [1.82, 2.24) is 14.9 Å². The first-order valence-corrected chi connectivity index (χ1v) is 10.1. The van der Waals surface area contributed by atoms with Crippen LogP contribution in [0.4, 0.5) is 15.9 Å².